The van der Waals surface area contributed by atoms with E-state index in [-0.39, 0.29) is 13.2 Å². The van der Waals surface area contributed by atoms with E-state index in [0.29, 0.717) is 11.3 Å². The summed E-state index contributed by atoms with van der Waals surface area (Å²) in [6, 6.07) is 16.6. The van der Waals surface area contributed by atoms with E-state index in [1.54, 1.807) is 59.7 Å². The van der Waals surface area contributed by atoms with Gasteiger partial charge in [0.25, 0.3) is 0 Å². The van der Waals surface area contributed by atoms with E-state index in [0.717, 1.165) is 16.0 Å². The number of carbonyl (C=O) groups excluding carboxylic acids is 2. The normalized spacial score (nSPS) is 11.1. The molecule has 0 atom stereocenters. The molecule has 0 aliphatic carbocycles. The number of guanidine groups is 1. The van der Waals surface area contributed by atoms with Gasteiger partial charge >= 0.3 is 12.2 Å². The van der Waals surface area contributed by atoms with Crippen molar-refractivity contribution < 1.29 is 23.8 Å². The molecule has 0 aromatic heterocycles. The quantitative estimate of drug-likeness (QED) is 0.442. The van der Waals surface area contributed by atoms with E-state index in [1.165, 1.54) is 0 Å². The van der Waals surface area contributed by atoms with Crippen LogP contribution in [-0.2, 0) is 9.47 Å². The predicted molar refractivity (Wildman–Crippen MR) is 132 cm³/mol. The fourth-order valence-electron chi connectivity index (χ4n) is 2.89. The second kappa shape index (κ2) is 11.4. The minimum atomic E-state index is -0.865. The van der Waals surface area contributed by atoms with Gasteiger partial charge in [0, 0.05) is 5.56 Å². The largest absolute Gasteiger partial charge is 0.491 e. The molecule has 2 aromatic rings. The average Bonchev–Trinajstić information content (AvgIpc) is 2.74. The Morgan fingerprint density at radius 1 is 1.00 bits per heavy atom. The summed E-state index contributed by atoms with van der Waals surface area (Å²) < 4.78 is 16.5. The molecule has 0 aliphatic rings. The van der Waals surface area contributed by atoms with E-state index < -0.39 is 29.3 Å². The van der Waals surface area contributed by atoms with Crippen molar-refractivity contribution in [2.75, 3.05) is 13.2 Å². The summed E-state index contributed by atoms with van der Waals surface area (Å²) in [7, 11) is 0. The van der Waals surface area contributed by atoms with E-state index >= 15 is 0 Å². The maximum atomic E-state index is 12.8. The molecule has 0 unspecified atom stereocenters. The average molecular weight is 481 g/mol. The lowest BCUT2D eigenvalue weighted by atomic mass is 10.0. The van der Waals surface area contributed by atoms with Crippen molar-refractivity contribution in [1.29, 1.82) is 10.7 Å². The number of hydrogen-bond donors (Lipinski definition) is 2. The van der Waals surface area contributed by atoms with Crippen molar-refractivity contribution in [3.63, 3.8) is 0 Å². The maximum Gasteiger partial charge on any atom is 0.417 e. The Hall–Kier alpha value is -4.06. The zero-order chi connectivity index (χ0) is 26.2. The molecule has 0 bridgehead atoms. The van der Waals surface area contributed by atoms with Crippen LogP contribution in [0.1, 0.15) is 47.1 Å². The molecule has 35 heavy (non-hydrogen) atoms. The smallest absolute Gasteiger partial charge is 0.417 e. The molecule has 2 N–H and O–H groups in total. The topological polar surface area (TPSA) is 125 Å². The first-order valence-corrected chi connectivity index (χ1v) is 11.1. The van der Waals surface area contributed by atoms with Gasteiger partial charge in [-0.1, -0.05) is 30.3 Å². The molecular weight excluding hydrogens is 448 g/mol. The number of alkyl carbamates (subject to hydrolysis) is 1. The maximum absolute atomic E-state index is 12.8. The number of hydrogen-bond acceptors (Lipinski definition) is 7. The van der Waals surface area contributed by atoms with Gasteiger partial charge in [0.05, 0.1) is 18.2 Å². The van der Waals surface area contributed by atoms with Crippen LogP contribution in [0.15, 0.2) is 48.5 Å². The van der Waals surface area contributed by atoms with Crippen LogP contribution < -0.4 is 10.1 Å². The van der Waals surface area contributed by atoms with Crippen LogP contribution in [-0.4, -0.2) is 47.4 Å². The molecule has 2 rings (SSSR count). The van der Waals surface area contributed by atoms with Crippen molar-refractivity contribution in [2.24, 2.45) is 0 Å². The monoisotopic (exact) mass is 480 g/mol. The molecule has 0 saturated carbocycles. The zero-order valence-electron chi connectivity index (χ0n) is 21.0. The molecule has 0 spiro atoms. The Morgan fingerprint density at radius 2 is 1.63 bits per heavy atom. The van der Waals surface area contributed by atoms with Crippen LogP contribution in [0.4, 0.5) is 9.59 Å². The number of amides is 2. The Morgan fingerprint density at radius 3 is 2.20 bits per heavy atom. The molecule has 0 aliphatic heterocycles. The SMILES string of the molecule is CC(C)(C)OC(=O)NC(=N)N(CCOc1ccc(C#N)cc1-c1ccccc1)C(=O)OC(C)(C)C. The predicted octanol–water partition coefficient (Wildman–Crippen LogP) is 5.30. The summed E-state index contributed by atoms with van der Waals surface area (Å²) in [4.78, 5) is 25.8. The molecule has 9 heteroatoms. The molecule has 0 radical (unpaired) electrons. The Labute approximate surface area is 206 Å². The summed E-state index contributed by atoms with van der Waals surface area (Å²) in [6.07, 6.45) is -1.68. The van der Waals surface area contributed by atoms with Crippen LogP contribution in [0.2, 0.25) is 0 Å². The van der Waals surface area contributed by atoms with Crippen molar-refractivity contribution in [1.82, 2.24) is 10.2 Å². The van der Waals surface area contributed by atoms with Gasteiger partial charge in [0.1, 0.15) is 23.6 Å². The molecule has 9 nitrogen and oxygen atoms in total. The number of benzene rings is 2. The summed E-state index contributed by atoms with van der Waals surface area (Å²) in [5, 5.41) is 19.8. The van der Waals surface area contributed by atoms with E-state index in [2.05, 4.69) is 11.4 Å². The van der Waals surface area contributed by atoms with Crippen LogP contribution >= 0.6 is 0 Å². The van der Waals surface area contributed by atoms with Gasteiger partial charge in [0.2, 0.25) is 5.96 Å². The first-order chi connectivity index (χ1) is 16.3. The number of nitrogens with zero attached hydrogens (tertiary/aromatic N) is 2. The van der Waals surface area contributed by atoms with E-state index in [1.807, 2.05) is 30.3 Å². The Kier molecular flexibility index (Phi) is 8.84. The third-order valence-corrected chi connectivity index (χ3v) is 4.27. The summed E-state index contributed by atoms with van der Waals surface area (Å²) in [5.74, 6) is 0.00572. The highest BCUT2D eigenvalue weighted by atomic mass is 16.6. The van der Waals surface area contributed by atoms with E-state index in [4.69, 9.17) is 19.6 Å². The fourth-order valence-corrected chi connectivity index (χ4v) is 2.89. The lowest BCUT2D eigenvalue weighted by molar-refractivity contribution is 0.0340. The molecule has 186 valence electrons. The molecule has 2 amide bonds. The van der Waals surface area contributed by atoms with Crippen molar-refractivity contribution >= 4 is 18.1 Å². The van der Waals surface area contributed by atoms with Crippen molar-refractivity contribution in [2.45, 2.75) is 52.7 Å². The molecule has 0 fully saturated rings. The third-order valence-electron chi connectivity index (χ3n) is 4.27. The molecule has 2 aromatic carbocycles. The number of nitriles is 1. The third kappa shape index (κ3) is 9.01. The summed E-state index contributed by atoms with van der Waals surface area (Å²) in [6.45, 7) is 10.1. The molecule has 0 saturated heterocycles. The van der Waals surface area contributed by atoms with Gasteiger partial charge in [0.15, 0.2) is 0 Å². The molecule has 0 heterocycles. The van der Waals surface area contributed by atoms with Gasteiger partial charge in [-0.05, 0) is 65.3 Å². The molecular formula is C26H32N4O5. The second-order valence-corrected chi connectivity index (χ2v) is 9.64. The van der Waals surface area contributed by atoms with Crippen LogP contribution in [0, 0.1) is 16.7 Å². The minimum absolute atomic E-state index is 0.0106. The van der Waals surface area contributed by atoms with Gasteiger partial charge in [-0.2, -0.15) is 5.26 Å². The van der Waals surface area contributed by atoms with Gasteiger partial charge in [-0.15, -0.1) is 0 Å². The number of ether oxygens (including phenoxy) is 3. The highest BCUT2D eigenvalue weighted by Gasteiger charge is 2.27. The van der Waals surface area contributed by atoms with Crippen molar-refractivity contribution in [3.8, 4) is 22.9 Å². The van der Waals surface area contributed by atoms with E-state index in [9.17, 15) is 14.9 Å². The standard InChI is InChI=1S/C26H32N4O5/c1-25(2,3)34-23(31)29-22(28)30(24(32)35-26(4,5)6)14-15-33-21-13-12-18(17-27)16-20(21)19-10-8-7-9-11-19/h7-13,16H,14-15H2,1-6H3,(H2,28,29,31). The summed E-state index contributed by atoms with van der Waals surface area (Å²) in [5.41, 5.74) is 0.484. The van der Waals surface area contributed by atoms with Crippen LogP contribution in [0.25, 0.3) is 11.1 Å². The zero-order valence-corrected chi connectivity index (χ0v) is 21.0. The summed E-state index contributed by atoms with van der Waals surface area (Å²) >= 11 is 0. The second-order valence-electron chi connectivity index (χ2n) is 9.64. The Bertz CT molecular complexity index is 1100. The number of nitrogens with one attached hydrogen (secondary N) is 2. The van der Waals surface area contributed by atoms with Crippen LogP contribution in [0.3, 0.4) is 0 Å². The minimum Gasteiger partial charge on any atom is -0.491 e. The Balaban J connectivity index is 2.19. The van der Waals surface area contributed by atoms with Gasteiger partial charge < -0.3 is 14.2 Å². The number of rotatable bonds is 5. The van der Waals surface area contributed by atoms with Gasteiger partial charge in [-0.25, -0.2) is 14.5 Å². The highest BCUT2D eigenvalue weighted by Crippen LogP contribution is 2.31. The number of carbonyl (C=O) groups is 2. The first-order valence-electron chi connectivity index (χ1n) is 11.1. The van der Waals surface area contributed by atoms with Gasteiger partial charge in [-0.3, -0.25) is 10.7 Å². The fraction of sp³-hybridized carbons (Fsp3) is 0.385. The lowest BCUT2D eigenvalue weighted by Gasteiger charge is -2.28. The lowest BCUT2D eigenvalue weighted by Crippen LogP contribution is -2.50. The first kappa shape index (κ1) is 27.2. The van der Waals surface area contributed by atoms with Crippen molar-refractivity contribution in [3.05, 3.63) is 54.1 Å². The van der Waals surface area contributed by atoms with Crippen LogP contribution in [0.5, 0.6) is 5.75 Å². The highest BCUT2D eigenvalue weighted by molar-refractivity contribution is 5.99.